The SMILES string of the molecule is CCOP(=O)(Cc1ccc(NC(=O)C2Cc3cc4c(cc3C(O)CS2(=O)=O)OCCO4)cc1)OCC. The summed E-state index contributed by atoms with van der Waals surface area (Å²) >= 11 is 0. The minimum absolute atomic E-state index is 0.0741. The van der Waals surface area contributed by atoms with Crippen LogP contribution < -0.4 is 14.8 Å². The molecule has 0 aromatic heterocycles. The summed E-state index contributed by atoms with van der Waals surface area (Å²) < 4.78 is 60.6. The van der Waals surface area contributed by atoms with Crippen LogP contribution in [0.2, 0.25) is 0 Å². The monoisotopic (exact) mass is 539 g/mol. The fourth-order valence-corrected chi connectivity index (χ4v) is 7.68. The summed E-state index contributed by atoms with van der Waals surface area (Å²) in [5, 5.41) is 11.9. The van der Waals surface area contributed by atoms with Crippen molar-refractivity contribution in [3.05, 3.63) is 53.1 Å². The predicted molar refractivity (Wildman–Crippen MR) is 133 cm³/mol. The van der Waals surface area contributed by atoms with Crippen molar-refractivity contribution in [3.8, 4) is 11.5 Å². The second-order valence-corrected chi connectivity index (χ2v) is 12.8. The second kappa shape index (κ2) is 10.9. The number of rotatable bonds is 8. The van der Waals surface area contributed by atoms with Crippen LogP contribution >= 0.6 is 7.60 Å². The maximum absolute atomic E-state index is 13.1. The van der Waals surface area contributed by atoms with E-state index in [9.17, 15) is 22.9 Å². The molecule has 2 aliphatic rings. The average molecular weight is 540 g/mol. The number of amides is 1. The van der Waals surface area contributed by atoms with Gasteiger partial charge in [-0.05, 0) is 61.2 Å². The Balaban J connectivity index is 1.52. The standard InChI is InChI=1S/C24H30NO9PS/c1-3-33-35(28,34-4-2)14-16-5-7-18(8-6-16)25-24(27)23-12-17-11-21-22(32-10-9-31-21)13-19(17)20(26)15-36(23,29)30/h5-8,11,13,20,23,26H,3-4,9-10,12,14-15H2,1-2H3,(H,25,27). The quantitative estimate of drug-likeness (QED) is 0.484. The highest BCUT2D eigenvalue weighted by molar-refractivity contribution is 7.92. The van der Waals surface area contributed by atoms with Crippen molar-refractivity contribution in [2.75, 3.05) is 37.5 Å². The maximum Gasteiger partial charge on any atom is 0.335 e. The third kappa shape index (κ3) is 5.92. The Hall–Kier alpha value is -2.43. The first kappa shape index (κ1) is 26.6. The Morgan fingerprint density at radius 2 is 1.69 bits per heavy atom. The van der Waals surface area contributed by atoms with E-state index in [1.165, 1.54) is 0 Å². The molecule has 0 fully saturated rings. The predicted octanol–water partition coefficient (Wildman–Crippen LogP) is 3.24. The minimum Gasteiger partial charge on any atom is -0.486 e. The molecule has 12 heteroatoms. The minimum atomic E-state index is -3.98. The zero-order valence-corrected chi connectivity index (χ0v) is 21.8. The Bertz CT molecular complexity index is 1250. The van der Waals surface area contributed by atoms with Crippen LogP contribution in [0.3, 0.4) is 0 Å². The summed E-state index contributed by atoms with van der Waals surface area (Å²) in [6, 6.07) is 9.77. The molecule has 2 aromatic rings. The van der Waals surface area contributed by atoms with Crippen molar-refractivity contribution in [2.24, 2.45) is 0 Å². The highest BCUT2D eigenvalue weighted by Gasteiger charge is 2.39. The number of aliphatic hydroxyl groups excluding tert-OH is 1. The van der Waals surface area contributed by atoms with Gasteiger partial charge in [0.1, 0.15) is 18.5 Å². The molecule has 2 unspecified atom stereocenters. The largest absolute Gasteiger partial charge is 0.486 e. The van der Waals surface area contributed by atoms with E-state index in [1.807, 2.05) is 0 Å². The lowest BCUT2D eigenvalue weighted by atomic mass is 9.98. The van der Waals surface area contributed by atoms with E-state index in [0.717, 1.165) is 0 Å². The van der Waals surface area contributed by atoms with E-state index in [0.29, 0.717) is 47.1 Å². The van der Waals surface area contributed by atoms with Crippen molar-refractivity contribution in [3.63, 3.8) is 0 Å². The van der Waals surface area contributed by atoms with Gasteiger partial charge in [0.25, 0.3) is 0 Å². The van der Waals surface area contributed by atoms with Crippen molar-refractivity contribution in [1.82, 2.24) is 0 Å². The first-order valence-electron chi connectivity index (χ1n) is 11.7. The van der Waals surface area contributed by atoms with E-state index in [1.54, 1.807) is 50.2 Å². The Morgan fingerprint density at radius 3 is 2.31 bits per heavy atom. The Kier molecular flexibility index (Phi) is 8.06. The normalized spacial score (nSPS) is 20.8. The van der Waals surface area contributed by atoms with E-state index < -0.39 is 40.4 Å². The molecule has 36 heavy (non-hydrogen) atoms. The third-order valence-corrected chi connectivity index (χ3v) is 10.0. The number of aliphatic hydroxyl groups is 1. The van der Waals surface area contributed by atoms with Gasteiger partial charge in [-0.25, -0.2) is 8.42 Å². The molecular formula is C24H30NO9PS. The molecule has 0 radical (unpaired) electrons. The molecule has 1 amide bonds. The number of sulfone groups is 1. The molecule has 0 saturated heterocycles. The first-order chi connectivity index (χ1) is 17.1. The van der Waals surface area contributed by atoms with Gasteiger partial charge in [-0.1, -0.05) is 12.1 Å². The number of anilines is 1. The fraction of sp³-hybridized carbons (Fsp3) is 0.458. The van der Waals surface area contributed by atoms with Gasteiger partial charge in [-0.15, -0.1) is 0 Å². The number of benzene rings is 2. The topological polar surface area (TPSA) is 137 Å². The lowest BCUT2D eigenvalue weighted by Crippen LogP contribution is -2.37. The Morgan fingerprint density at radius 1 is 1.08 bits per heavy atom. The Labute approximate surface area is 210 Å². The lowest BCUT2D eigenvalue weighted by Gasteiger charge is -2.21. The number of hydrogen-bond acceptors (Lipinski definition) is 9. The first-order valence-corrected chi connectivity index (χ1v) is 15.2. The zero-order valence-electron chi connectivity index (χ0n) is 20.1. The van der Waals surface area contributed by atoms with Crippen molar-refractivity contribution < 1.29 is 41.4 Å². The van der Waals surface area contributed by atoms with Crippen LogP contribution in [0.4, 0.5) is 5.69 Å². The number of hydrogen-bond donors (Lipinski definition) is 2. The summed E-state index contributed by atoms with van der Waals surface area (Å²) in [7, 11) is -7.26. The van der Waals surface area contributed by atoms with Gasteiger partial charge in [0, 0.05) is 5.69 Å². The summed E-state index contributed by atoms with van der Waals surface area (Å²) in [6.07, 6.45) is -1.32. The van der Waals surface area contributed by atoms with Gasteiger partial charge >= 0.3 is 7.60 Å². The van der Waals surface area contributed by atoms with Crippen LogP contribution in [0.1, 0.15) is 36.6 Å². The summed E-state index contributed by atoms with van der Waals surface area (Å²) in [5.41, 5.74) is 2.00. The van der Waals surface area contributed by atoms with Crippen molar-refractivity contribution in [1.29, 1.82) is 0 Å². The van der Waals surface area contributed by atoms with E-state index >= 15 is 0 Å². The molecule has 0 bridgehead atoms. The van der Waals surface area contributed by atoms with Gasteiger partial charge in [0.2, 0.25) is 5.91 Å². The van der Waals surface area contributed by atoms with Gasteiger partial charge < -0.3 is 28.9 Å². The summed E-state index contributed by atoms with van der Waals surface area (Å²) in [4.78, 5) is 13.1. The van der Waals surface area contributed by atoms with Crippen LogP contribution in [-0.4, -0.2) is 56.9 Å². The van der Waals surface area contributed by atoms with Crippen molar-refractivity contribution >= 4 is 29.0 Å². The van der Waals surface area contributed by atoms with Crippen LogP contribution in [0.5, 0.6) is 11.5 Å². The van der Waals surface area contributed by atoms with Crippen LogP contribution in [0.25, 0.3) is 0 Å². The highest BCUT2D eigenvalue weighted by Crippen LogP contribution is 2.51. The molecule has 0 spiro atoms. The number of fused-ring (bicyclic) bond motifs is 2. The van der Waals surface area contributed by atoms with E-state index in [2.05, 4.69) is 5.32 Å². The van der Waals surface area contributed by atoms with Gasteiger partial charge in [0.15, 0.2) is 21.3 Å². The van der Waals surface area contributed by atoms with Gasteiger partial charge in [0.05, 0.1) is 31.2 Å². The third-order valence-electron chi connectivity index (χ3n) is 5.93. The molecule has 10 nitrogen and oxygen atoms in total. The molecule has 2 atom stereocenters. The second-order valence-electron chi connectivity index (χ2n) is 8.52. The highest BCUT2D eigenvalue weighted by atomic mass is 32.2. The number of carbonyl (C=O) groups excluding carboxylic acids is 1. The zero-order chi connectivity index (χ0) is 25.9. The molecular weight excluding hydrogens is 509 g/mol. The molecule has 2 heterocycles. The number of nitrogens with one attached hydrogen (secondary N) is 1. The van der Waals surface area contributed by atoms with Gasteiger partial charge in [-0.2, -0.15) is 0 Å². The molecule has 0 aliphatic carbocycles. The van der Waals surface area contributed by atoms with Crippen molar-refractivity contribution in [2.45, 2.75) is 37.8 Å². The lowest BCUT2D eigenvalue weighted by molar-refractivity contribution is -0.115. The van der Waals surface area contributed by atoms with Gasteiger partial charge in [-0.3, -0.25) is 9.36 Å². The van der Waals surface area contributed by atoms with Crippen LogP contribution in [-0.2, 0) is 40.8 Å². The maximum atomic E-state index is 13.1. The van der Waals surface area contributed by atoms with Crippen LogP contribution in [0, 0.1) is 0 Å². The summed E-state index contributed by atoms with van der Waals surface area (Å²) in [6.45, 7) is 4.69. The van der Waals surface area contributed by atoms with E-state index in [-0.39, 0.29) is 25.8 Å². The molecule has 2 N–H and O–H groups in total. The average Bonchev–Trinajstić information content (AvgIpc) is 2.92. The molecule has 196 valence electrons. The smallest absolute Gasteiger partial charge is 0.335 e. The summed E-state index contributed by atoms with van der Waals surface area (Å²) in [5.74, 6) is -0.386. The molecule has 4 rings (SSSR count). The fourth-order valence-electron chi connectivity index (χ4n) is 4.30. The number of ether oxygens (including phenoxy) is 2. The molecule has 2 aromatic carbocycles. The van der Waals surface area contributed by atoms with Crippen LogP contribution in [0.15, 0.2) is 36.4 Å². The number of carbonyl (C=O) groups is 1. The van der Waals surface area contributed by atoms with E-state index in [4.69, 9.17) is 18.5 Å². The molecule has 0 saturated carbocycles. The molecule has 2 aliphatic heterocycles.